The Labute approximate surface area is 123 Å². The zero-order chi connectivity index (χ0) is 14.8. The number of nitrogens with zero attached hydrogens (tertiary/aromatic N) is 1. The Morgan fingerprint density at radius 3 is 2.65 bits per heavy atom. The van der Waals surface area contributed by atoms with E-state index in [1.165, 1.54) is 32.4 Å². The Morgan fingerprint density at radius 1 is 1.35 bits per heavy atom. The molecule has 4 nitrogen and oxygen atoms in total. The van der Waals surface area contributed by atoms with Gasteiger partial charge < -0.3 is 16.0 Å². The van der Waals surface area contributed by atoms with Crippen molar-refractivity contribution in [3.63, 3.8) is 0 Å². The van der Waals surface area contributed by atoms with Crippen LogP contribution in [0.25, 0.3) is 0 Å². The lowest BCUT2D eigenvalue weighted by Gasteiger charge is -2.23. The molecule has 1 saturated heterocycles. The highest BCUT2D eigenvalue weighted by molar-refractivity contribution is 5.76. The Bertz CT molecular complexity index is 333. The first-order valence-electron chi connectivity index (χ1n) is 8.10. The molecule has 0 bridgehead atoms. The topological polar surface area (TPSA) is 58.4 Å². The fourth-order valence-corrected chi connectivity index (χ4v) is 3.23. The van der Waals surface area contributed by atoms with Crippen LogP contribution in [0.4, 0.5) is 0 Å². The number of rotatable bonds is 6. The van der Waals surface area contributed by atoms with Crippen molar-refractivity contribution in [3.8, 4) is 0 Å². The van der Waals surface area contributed by atoms with E-state index >= 15 is 0 Å². The maximum absolute atomic E-state index is 11.9. The summed E-state index contributed by atoms with van der Waals surface area (Å²) in [5.74, 6) is 0.755. The number of carbonyl (C=O) groups is 1. The van der Waals surface area contributed by atoms with Gasteiger partial charge in [-0.25, -0.2) is 0 Å². The molecule has 1 saturated carbocycles. The summed E-state index contributed by atoms with van der Waals surface area (Å²) in [6.45, 7) is 9.69. The molecule has 2 aliphatic rings. The van der Waals surface area contributed by atoms with Gasteiger partial charge in [0.1, 0.15) is 0 Å². The van der Waals surface area contributed by atoms with E-state index in [1.807, 2.05) is 0 Å². The van der Waals surface area contributed by atoms with Gasteiger partial charge in [-0.15, -0.1) is 0 Å². The van der Waals surface area contributed by atoms with Crippen LogP contribution in [0.15, 0.2) is 0 Å². The van der Waals surface area contributed by atoms with Gasteiger partial charge in [0.2, 0.25) is 5.91 Å². The molecular formula is C16H31N3O. The van der Waals surface area contributed by atoms with Gasteiger partial charge in [-0.3, -0.25) is 4.79 Å². The molecule has 20 heavy (non-hydrogen) atoms. The predicted octanol–water partition coefficient (Wildman–Crippen LogP) is 1.74. The molecular weight excluding hydrogens is 250 g/mol. The molecule has 2 unspecified atom stereocenters. The molecule has 4 heteroatoms. The van der Waals surface area contributed by atoms with Gasteiger partial charge in [-0.1, -0.05) is 20.8 Å². The van der Waals surface area contributed by atoms with Gasteiger partial charge in [0.15, 0.2) is 0 Å². The van der Waals surface area contributed by atoms with Crippen LogP contribution in [0.1, 0.15) is 52.9 Å². The second-order valence-electron chi connectivity index (χ2n) is 7.91. The van der Waals surface area contributed by atoms with Gasteiger partial charge in [0.25, 0.3) is 0 Å². The normalized spacial score (nSPS) is 25.7. The molecule has 1 aliphatic heterocycles. The minimum Gasteiger partial charge on any atom is -0.356 e. The average molecular weight is 281 g/mol. The summed E-state index contributed by atoms with van der Waals surface area (Å²) in [5.41, 5.74) is 6.24. The highest BCUT2D eigenvalue weighted by atomic mass is 16.1. The van der Waals surface area contributed by atoms with E-state index in [1.54, 1.807) is 0 Å². The predicted molar refractivity (Wildman–Crippen MR) is 82.4 cm³/mol. The number of amides is 1. The second-order valence-corrected chi connectivity index (χ2v) is 7.91. The van der Waals surface area contributed by atoms with Crippen molar-refractivity contribution in [1.29, 1.82) is 0 Å². The summed E-state index contributed by atoms with van der Waals surface area (Å²) in [6, 6.07) is 0.831. The van der Waals surface area contributed by atoms with Crippen molar-refractivity contribution < 1.29 is 4.79 Å². The lowest BCUT2D eigenvalue weighted by Crippen LogP contribution is -2.36. The summed E-state index contributed by atoms with van der Waals surface area (Å²) in [5, 5.41) is 3.08. The van der Waals surface area contributed by atoms with Gasteiger partial charge in [0, 0.05) is 31.6 Å². The summed E-state index contributed by atoms with van der Waals surface area (Å²) < 4.78 is 0. The van der Waals surface area contributed by atoms with E-state index in [9.17, 15) is 4.79 Å². The third kappa shape index (κ3) is 5.41. The molecule has 1 amide bonds. The monoisotopic (exact) mass is 281 g/mol. The maximum Gasteiger partial charge on any atom is 0.221 e. The van der Waals surface area contributed by atoms with Crippen LogP contribution in [-0.2, 0) is 4.79 Å². The molecule has 1 heterocycles. The molecule has 0 aromatic carbocycles. The molecule has 1 aliphatic carbocycles. The van der Waals surface area contributed by atoms with E-state index in [0.717, 1.165) is 19.0 Å². The second kappa shape index (κ2) is 6.44. The molecule has 0 radical (unpaired) electrons. The largest absolute Gasteiger partial charge is 0.356 e. The number of likely N-dealkylation sites (tertiary alicyclic amines) is 1. The highest BCUT2D eigenvalue weighted by Gasteiger charge is 2.34. The number of hydrogen-bond donors (Lipinski definition) is 2. The van der Waals surface area contributed by atoms with Crippen LogP contribution in [0, 0.1) is 11.3 Å². The van der Waals surface area contributed by atoms with Crippen molar-refractivity contribution >= 4 is 5.91 Å². The number of nitrogens with one attached hydrogen (secondary N) is 1. The molecule has 0 spiro atoms. The summed E-state index contributed by atoms with van der Waals surface area (Å²) >= 11 is 0. The van der Waals surface area contributed by atoms with Crippen molar-refractivity contribution in [2.24, 2.45) is 17.1 Å². The summed E-state index contributed by atoms with van der Waals surface area (Å²) in [4.78, 5) is 14.5. The van der Waals surface area contributed by atoms with Gasteiger partial charge in [-0.05, 0) is 43.6 Å². The van der Waals surface area contributed by atoms with E-state index in [2.05, 4.69) is 31.0 Å². The third-order valence-electron chi connectivity index (χ3n) is 4.29. The SMILES string of the molecule is CC(C)(C)CC(N)CC(=O)NCC1CCN(C2CC2)C1. The number of nitrogens with two attached hydrogens (primary N) is 1. The number of carbonyl (C=O) groups excluding carboxylic acids is 1. The quantitative estimate of drug-likeness (QED) is 0.779. The van der Waals surface area contributed by atoms with E-state index < -0.39 is 0 Å². The minimum atomic E-state index is -0.0264. The van der Waals surface area contributed by atoms with Crippen LogP contribution in [0.2, 0.25) is 0 Å². The fourth-order valence-electron chi connectivity index (χ4n) is 3.23. The summed E-state index contributed by atoms with van der Waals surface area (Å²) in [6.07, 6.45) is 5.32. The van der Waals surface area contributed by atoms with Gasteiger partial charge in [0.05, 0.1) is 0 Å². The van der Waals surface area contributed by atoms with E-state index in [0.29, 0.717) is 12.3 Å². The van der Waals surface area contributed by atoms with Crippen LogP contribution >= 0.6 is 0 Å². The lowest BCUT2D eigenvalue weighted by molar-refractivity contribution is -0.121. The third-order valence-corrected chi connectivity index (χ3v) is 4.29. The van der Waals surface area contributed by atoms with E-state index in [4.69, 9.17) is 5.73 Å². The average Bonchev–Trinajstić information content (AvgIpc) is 3.04. The first-order valence-corrected chi connectivity index (χ1v) is 8.10. The van der Waals surface area contributed by atoms with Crippen LogP contribution in [-0.4, -0.2) is 42.5 Å². The molecule has 0 aromatic rings. The molecule has 0 aromatic heterocycles. The Hall–Kier alpha value is -0.610. The molecule has 2 atom stereocenters. The first kappa shape index (κ1) is 15.8. The Balaban J connectivity index is 1.60. The molecule has 2 fully saturated rings. The van der Waals surface area contributed by atoms with Gasteiger partial charge >= 0.3 is 0 Å². The van der Waals surface area contributed by atoms with Crippen LogP contribution in [0.3, 0.4) is 0 Å². The standard InChI is InChI=1S/C16H31N3O/c1-16(2,3)9-13(17)8-15(20)18-10-12-6-7-19(11-12)14-4-5-14/h12-14H,4-11,17H2,1-3H3,(H,18,20). The van der Waals surface area contributed by atoms with Crippen LogP contribution < -0.4 is 11.1 Å². The van der Waals surface area contributed by atoms with Gasteiger partial charge in [-0.2, -0.15) is 0 Å². The van der Waals surface area contributed by atoms with Crippen molar-refractivity contribution in [2.45, 2.75) is 65.0 Å². The first-order chi connectivity index (χ1) is 9.33. The zero-order valence-electron chi connectivity index (χ0n) is 13.3. The van der Waals surface area contributed by atoms with Crippen molar-refractivity contribution in [3.05, 3.63) is 0 Å². The van der Waals surface area contributed by atoms with Crippen molar-refractivity contribution in [2.75, 3.05) is 19.6 Å². The van der Waals surface area contributed by atoms with Crippen LogP contribution in [0.5, 0.6) is 0 Å². The van der Waals surface area contributed by atoms with Crippen molar-refractivity contribution in [1.82, 2.24) is 10.2 Å². The molecule has 116 valence electrons. The molecule has 2 rings (SSSR count). The Morgan fingerprint density at radius 2 is 2.05 bits per heavy atom. The fraction of sp³-hybridized carbons (Fsp3) is 0.938. The lowest BCUT2D eigenvalue weighted by atomic mass is 9.87. The maximum atomic E-state index is 11.9. The zero-order valence-corrected chi connectivity index (χ0v) is 13.3. The summed E-state index contributed by atoms with van der Waals surface area (Å²) in [7, 11) is 0. The Kier molecular flexibility index (Phi) is 5.08. The smallest absolute Gasteiger partial charge is 0.221 e. The number of hydrogen-bond acceptors (Lipinski definition) is 3. The van der Waals surface area contributed by atoms with E-state index in [-0.39, 0.29) is 17.4 Å². The highest BCUT2D eigenvalue weighted by Crippen LogP contribution is 2.31. The molecule has 3 N–H and O–H groups in total. The minimum absolute atomic E-state index is 0.0264.